The molecule has 1 aromatic rings. The van der Waals surface area contributed by atoms with Gasteiger partial charge in [-0.3, -0.25) is 4.90 Å². The number of aromatic nitrogens is 2. The number of hydrogen-bond donors (Lipinski definition) is 0. The van der Waals surface area contributed by atoms with Crippen LogP contribution in [-0.4, -0.2) is 26.5 Å². The SMILES string of the molecule is CC(C)C1N(C(C)C)C(C)(C)c2cncn2C(C)(C)C1(C)C. The second-order valence-electron chi connectivity index (χ2n) is 9.18. The van der Waals surface area contributed by atoms with Crippen LogP contribution in [0.25, 0.3) is 0 Å². The molecule has 0 radical (unpaired) electrons. The van der Waals surface area contributed by atoms with Crippen molar-refractivity contribution < 1.29 is 0 Å². The molecule has 3 nitrogen and oxygen atoms in total. The first-order valence-electron chi connectivity index (χ1n) is 8.68. The maximum absolute atomic E-state index is 4.50. The van der Waals surface area contributed by atoms with Gasteiger partial charge in [0, 0.05) is 23.0 Å². The molecule has 0 saturated heterocycles. The number of hydrogen-bond acceptors (Lipinski definition) is 2. The van der Waals surface area contributed by atoms with Crippen molar-refractivity contribution in [3.8, 4) is 0 Å². The third kappa shape index (κ3) is 2.16. The smallest absolute Gasteiger partial charge is 0.0954 e. The van der Waals surface area contributed by atoms with Crippen molar-refractivity contribution in [3.05, 3.63) is 18.2 Å². The van der Waals surface area contributed by atoms with E-state index in [4.69, 9.17) is 0 Å². The van der Waals surface area contributed by atoms with Crippen molar-refractivity contribution >= 4 is 0 Å². The van der Waals surface area contributed by atoms with Gasteiger partial charge in [-0.05, 0) is 47.5 Å². The van der Waals surface area contributed by atoms with Crippen LogP contribution in [0.15, 0.2) is 12.5 Å². The Morgan fingerprint density at radius 2 is 1.55 bits per heavy atom. The average molecular weight is 306 g/mol. The van der Waals surface area contributed by atoms with Crippen LogP contribution in [0.5, 0.6) is 0 Å². The van der Waals surface area contributed by atoms with Crippen LogP contribution in [0.1, 0.15) is 74.9 Å². The van der Waals surface area contributed by atoms with E-state index in [9.17, 15) is 0 Å². The van der Waals surface area contributed by atoms with Gasteiger partial charge in [-0.1, -0.05) is 27.7 Å². The number of fused-ring (bicyclic) bond motifs is 1. The van der Waals surface area contributed by atoms with E-state index in [1.54, 1.807) is 0 Å². The van der Waals surface area contributed by atoms with Crippen molar-refractivity contribution in [2.75, 3.05) is 0 Å². The Bertz CT molecular complexity index is 535. The Morgan fingerprint density at radius 3 is 2.00 bits per heavy atom. The molecule has 1 aliphatic heterocycles. The van der Waals surface area contributed by atoms with Crippen LogP contribution in [0, 0.1) is 11.3 Å². The summed E-state index contributed by atoms with van der Waals surface area (Å²) in [4.78, 5) is 7.22. The summed E-state index contributed by atoms with van der Waals surface area (Å²) in [5, 5.41) is 0. The zero-order valence-corrected chi connectivity index (χ0v) is 16.2. The number of rotatable bonds is 2. The molecule has 1 aliphatic rings. The summed E-state index contributed by atoms with van der Waals surface area (Å²) in [7, 11) is 0. The maximum atomic E-state index is 4.50. The summed E-state index contributed by atoms with van der Waals surface area (Å²) >= 11 is 0. The molecule has 126 valence electrons. The molecular formula is C19H35N3. The van der Waals surface area contributed by atoms with Crippen LogP contribution >= 0.6 is 0 Å². The van der Waals surface area contributed by atoms with Crippen LogP contribution < -0.4 is 0 Å². The maximum Gasteiger partial charge on any atom is 0.0954 e. The fourth-order valence-corrected chi connectivity index (χ4v) is 4.81. The molecule has 2 heterocycles. The van der Waals surface area contributed by atoms with Crippen LogP contribution in [-0.2, 0) is 11.1 Å². The minimum Gasteiger partial charge on any atom is -0.327 e. The van der Waals surface area contributed by atoms with E-state index in [-0.39, 0.29) is 16.5 Å². The van der Waals surface area contributed by atoms with Crippen molar-refractivity contribution in [3.63, 3.8) is 0 Å². The molecule has 0 aliphatic carbocycles. The van der Waals surface area contributed by atoms with E-state index in [1.165, 1.54) is 5.69 Å². The summed E-state index contributed by atoms with van der Waals surface area (Å²) in [6.45, 7) is 23.7. The molecular weight excluding hydrogens is 270 g/mol. The van der Waals surface area contributed by atoms with Gasteiger partial charge in [0.05, 0.1) is 23.8 Å². The third-order valence-electron chi connectivity index (χ3n) is 6.32. The average Bonchev–Trinajstić information content (AvgIpc) is 2.82. The molecule has 1 atom stereocenters. The highest BCUT2D eigenvalue weighted by atomic mass is 15.3. The van der Waals surface area contributed by atoms with E-state index in [2.05, 4.69) is 89.9 Å². The second kappa shape index (κ2) is 5.09. The molecule has 0 spiro atoms. The van der Waals surface area contributed by atoms with Gasteiger partial charge in [-0.2, -0.15) is 0 Å². The lowest BCUT2D eigenvalue weighted by atomic mass is 9.65. The molecule has 0 N–H and O–H groups in total. The molecule has 0 bridgehead atoms. The second-order valence-corrected chi connectivity index (χ2v) is 9.18. The van der Waals surface area contributed by atoms with Gasteiger partial charge in [0.15, 0.2) is 0 Å². The standard InChI is InChI=1S/C19H35N3/c1-13(2)16-17(5,6)19(9,10)21-12-20-11-15(21)18(7,8)22(16)14(3)4/h11-14,16H,1-10H3. The first-order chi connectivity index (χ1) is 9.86. The topological polar surface area (TPSA) is 21.1 Å². The fourth-order valence-electron chi connectivity index (χ4n) is 4.81. The highest BCUT2D eigenvalue weighted by Gasteiger charge is 2.55. The van der Waals surface area contributed by atoms with E-state index in [0.29, 0.717) is 18.0 Å². The molecule has 0 fully saturated rings. The summed E-state index contributed by atoms with van der Waals surface area (Å²) in [6.07, 6.45) is 4.09. The monoisotopic (exact) mass is 305 g/mol. The van der Waals surface area contributed by atoms with E-state index in [1.807, 2.05) is 6.33 Å². The minimum absolute atomic E-state index is 0.00861. The Kier molecular flexibility index (Phi) is 4.05. The van der Waals surface area contributed by atoms with Crippen LogP contribution in [0.4, 0.5) is 0 Å². The molecule has 0 amide bonds. The van der Waals surface area contributed by atoms with Crippen molar-refractivity contribution in [1.29, 1.82) is 0 Å². The molecule has 22 heavy (non-hydrogen) atoms. The van der Waals surface area contributed by atoms with Crippen molar-refractivity contribution in [1.82, 2.24) is 14.5 Å². The highest BCUT2D eigenvalue weighted by molar-refractivity contribution is 5.21. The Morgan fingerprint density at radius 1 is 1.00 bits per heavy atom. The van der Waals surface area contributed by atoms with E-state index >= 15 is 0 Å². The zero-order valence-electron chi connectivity index (χ0n) is 16.2. The highest BCUT2D eigenvalue weighted by Crippen LogP contribution is 2.52. The molecule has 1 unspecified atom stereocenters. The summed E-state index contributed by atoms with van der Waals surface area (Å²) in [5.74, 6) is 0.591. The third-order valence-corrected chi connectivity index (χ3v) is 6.32. The normalized spacial score (nSPS) is 27.0. The molecule has 0 aromatic carbocycles. The van der Waals surface area contributed by atoms with Gasteiger partial charge >= 0.3 is 0 Å². The lowest BCUT2D eigenvalue weighted by Crippen LogP contribution is -2.60. The Labute approximate surface area is 137 Å². The summed E-state index contributed by atoms with van der Waals surface area (Å²) in [6, 6.07) is 0.983. The largest absolute Gasteiger partial charge is 0.327 e. The lowest BCUT2D eigenvalue weighted by Gasteiger charge is -2.54. The predicted molar refractivity (Wildman–Crippen MR) is 94.0 cm³/mol. The van der Waals surface area contributed by atoms with Crippen LogP contribution in [0.3, 0.4) is 0 Å². The van der Waals surface area contributed by atoms with Crippen molar-refractivity contribution in [2.24, 2.45) is 11.3 Å². The summed E-state index contributed by atoms with van der Waals surface area (Å²) < 4.78 is 2.42. The Hall–Kier alpha value is -0.830. The first kappa shape index (κ1) is 17.5. The minimum atomic E-state index is -0.0371. The molecule has 2 rings (SSSR count). The Balaban J connectivity index is 2.82. The first-order valence-corrected chi connectivity index (χ1v) is 8.68. The molecule has 0 saturated carbocycles. The summed E-state index contributed by atoms with van der Waals surface area (Å²) in [5.41, 5.74) is 1.41. The van der Waals surface area contributed by atoms with Crippen LogP contribution in [0.2, 0.25) is 0 Å². The van der Waals surface area contributed by atoms with Gasteiger partial charge in [0.2, 0.25) is 0 Å². The van der Waals surface area contributed by atoms with E-state index < -0.39 is 0 Å². The number of imidazole rings is 1. The zero-order chi connectivity index (χ0) is 17.1. The van der Waals surface area contributed by atoms with E-state index in [0.717, 1.165) is 0 Å². The molecule has 3 heteroatoms. The lowest BCUT2D eigenvalue weighted by molar-refractivity contribution is -0.0630. The molecule has 1 aromatic heterocycles. The van der Waals surface area contributed by atoms with Crippen molar-refractivity contribution in [2.45, 2.75) is 92.4 Å². The van der Waals surface area contributed by atoms with Gasteiger partial charge in [-0.25, -0.2) is 4.98 Å². The fraction of sp³-hybridized carbons (Fsp3) is 0.842. The van der Waals surface area contributed by atoms with Gasteiger partial charge < -0.3 is 4.57 Å². The number of nitrogens with zero attached hydrogens (tertiary/aromatic N) is 3. The predicted octanol–water partition coefficient (Wildman–Crippen LogP) is 4.63. The van der Waals surface area contributed by atoms with Gasteiger partial charge in [0.25, 0.3) is 0 Å². The van der Waals surface area contributed by atoms with Gasteiger partial charge in [-0.15, -0.1) is 0 Å². The van der Waals surface area contributed by atoms with Gasteiger partial charge in [0.1, 0.15) is 0 Å². The quantitative estimate of drug-likeness (QED) is 0.794.